The van der Waals surface area contributed by atoms with Crippen LogP contribution in [0.2, 0.25) is 0 Å². The Balaban J connectivity index is 2.54. The lowest BCUT2D eigenvalue weighted by molar-refractivity contribution is 0.130. The van der Waals surface area contributed by atoms with Crippen LogP contribution in [0.3, 0.4) is 0 Å². The van der Waals surface area contributed by atoms with Crippen LogP contribution in [0, 0.1) is 0 Å². The highest BCUT2D eigenvalue weighted by Gasteiger charge is 2.23. The van der Waals surface area contributed by atoms with Crippen LogP contribution >= 0.6 is 0 Å². The number of urea groups is 1. The van der Waals surface area contributed by atoms with Gasteiger partial charge in [-0.1, -0.05) is 6.92 Å². The lowest BCUT2D eigenvalue weighted by Crippen LogP contribution is -2.48. The quantitative estimate of drug-likeness (QED) is 0.705. The highest BCUT2D eigenvalue weighted by Crippen LogP contribution is 2.13. The first kappa shape index (κ1) is 12.3. The Morgan fingerprint density at radius 3 is 2.33 bits per heavy atom. The number of carbonyl (C=O) groups excluding carboxylic acids is 1. The van der Waals surface area contributed by atoms with Gasteiger partial charge in [0.15, 0.2) is 0 Å². The molecule has 2 amide bonds. The summed E-state index contributed by atoms with van der Waals surface area (Å²) in [7, 11) is 0. The molecule has 0 N–H and O–H groups in total. The number of carbonyl (C=O) groups is 1. The van der Waals surface area contributed by atoms with E-state index in [-0.39, 0.29) is 6.03 Å². The number of rotatable bonds is 3. The third kappa shape index (κ3) is 3.11. The van der Waals surface area contributed by atoms with E-state index in [1.165, 1.54) is 19.3 Å². The lowest BCUT2D eigenvalue weighted by Gasteiger charge is -2.35. The largest absolute Gasteiger partial charge is 0.325 e. The zero-order chi connectivity index (χ0) is 11.3. The van der Waals surface area contributed by atoms with Gasteiger partial charge in [-0.3, -0.25) is 0 Å². The van der Waals surface area contributed by atoms with Gasteiger partial charge in [0.05, 0.1) is 0 Å². The minimum Gasteiger partial charge on any atom is -0.325 e. The normalized spacial score (nSPS) is 18.7. The fourth-order valence-corrected chi connectivity index (χ4v) is 2.12. The van der Waals surface area contributed by atoms with Gasteiger partial charge in [0.1, 0.15) is 0 Å². The molecule has 0 aromatic carbocycles. The molecule has 0 aromatic rings. The van der Waals surface area contributed by atoms with Gasteiger partial charge in [0.2, 0.25) is 0 Å². The van der Waals surface area contributed by atoms with Crippen molar-refractivity contribution in [1.82, 2.24) is 9.80 Å². The average Bonchev–Trinajstić information content (AvgIpc) is 2.30. The molecular weight excluding hydrogens is 188 g/mol. The van der Waals surface area contributed by atoms with Crippen molar-refractivity contribution in [1.29, 1.82) is 0 Å². The summed E-state index contributed by atoms with van der Waals surface area (Å²) < 4.78 is 0. The van der Waals surface area contributed by atoms with Crippen molar-refractivity contribution in [2.45, 2.75) is 52.5 Å². The van der Waals surface area contributed by atoms with Gasteiger partial charge >= 0.3 is 6.03 Å². The minimum absolute atomic E-state index is 0.242. The third-order valence-electron chi connectivity index (χ3n) is 3.34. The Morgan fingerprint density at radius 2 is 1.87 bits per heavy atom. The fraction of sp³-hybridized carbons (Fsp3) is 0.917. The lowest BCUT2D eigenvalue weighted by atomic mass is 10.1. The molecule has 1 aliphatic heterocycles. The summed E-state index contributed by atoms with van der Waals surface area (Å²) in [4.78, 5) is 16.2. The molecule has 0 saturated carbocycles. The van der Waals surface area contributed by atoms with Crippen LogP contribution < -0.4 is 0 Å². The first-order chi connectivity index (χ1) is 7.20. The fourth-order valence-electron chi connectivity index (χ4n) is 2.12. The minimum atomic E-state index is 0.242. The van der Waals surface area contributed by atoms with Crippen LogP contribution in [-0.2, 0) is 0 Å². The second-order valence-electron chi connectivity index (χ2n) is 4.37. The van der Waals surface area contributed by atoms with E-state index in [1.54, 1.807) is 0 Å². The van der Waals surface area contributed by atoms with Gasteiger partial charge < -0.3 is 9.80 Å². The first-order valence-electron chi connectivity index (χ1n) is 6.26. The summed E-state index contributed by atoms with van der Waals surface area (Å²) >= 11 is 0. The molecule has 1 aliphatic rings. The molecule has 0 spiro atoms. The van der Waals surface area contributed by atoms with Gasteiger partial charge in [0.25, 0.3) is 0 Å². The Morgan fingerprint density at radius 1 is 1.27 bits per heavy atom. The van der Waals surface area contributed by atoms with Crippen LogP contribution in [0.15, 0.2) is 0 Å². The number of hydrogen-bond acceptors (Lipinski definition) is 1. The molecule has 1 unspecified atom stereocenters. The van der Waals surface area contributed by atoms with Crippen LogP contribution in [0.25, 0.3) is 0 Å². The predicted molar refractivity (Wildman–Crippen MR) is 63.0 cm³/mol. The molecule has 0 aliphatic carbocycles. The second-order valence-corrected chi connectivity index (χ2v) is 4.37. The summed E-state index contributed by atoms with van der Waals surface area (Å²) in [5, 5.41) is 0. The van der Waals surface area contributed by atoms with Crippen molar-refractivity contribution < 1.29 is 4.79 Å². The molecule has 0 aromatic heterocycles. The SMILES string of the molecule is CCC(C)N(CC)C(=O)N1CCCCC1. The van der Waals surface area contributed by atoms with E-state index in [1.807, 2.05) is 9.80 Å². The maximum absolute atomic E-state index is 12.2. The monoisotopic (exact) mass is 212 g/mol. The van der Waals surface area contributed by atoms with Gasteiger partial charge in [-0.2, -0.15) is 0 Å². The van der Waals surface area contributed by atoms with Crippen molar-refractivity contribution in [2.24, 2.45) is 0 Å². The first-order valence-corrected chi connectivity index (χ1v) is 6.26. The Kier molecular flexibility index (Phi) is 4.92. The van der Waals surface area contributed by atoms with Crippen LogP contribution in [-0.4, -0.2) is 41.5 Å². The van der Waals surface area contributed by atoms with Gasteiger partial charge in [-0.25, -0.2) is 4.79 Å². The van der Waals surface area contributed by atoms with Gasteiger partial charge in [-0.05, 0) is 39.5 Å². The van der Waals surface area contributed by atoms with Crippen molar-refractivity contribution in [3.63, 3.8) is 0 Å². The highest BCUT2D eigenvalue weighted by atomic mass is 16.2. The predicted octanol–water partition coefficient (Wildman–Crippen LogP) is 2.71. The zero-order valence-corrected chi connectivity index (χ0v) is 10.3. The van der Waals surface area contributed by atoms with Gasteiger partial charge in [0, 0.05) is 25.7 Å². The average molecular weight is 212 g/mol. The summed E-state index contributed by atoms with van der Waals surface area (Å²) in [6.07, 6.45) is 4.65. The summed E-state index contributed by atoms with van der Waals surface area (Å²) in [6.45, 7) is 9.05. The molecule has 3 heteroatoms. The molecule has 0 bridgehead atoms. The molecule has 88 valence electrons. The highest BCUT2D eigenvalue weighted by molar-refractivity contribution is 5.74. The van der Waals surface area contributed by atoms with Crippen LogP contribution in [0.5, 0.6) is 0 Å². The van der Waals surface area contributed by atoms with E-state index < -0.39 is 0 Å². The molecule has 1 atom stereocenters. The standard InChI is InChI=1S/C12H24N2O/c1-4-11(3)14(5-2)12(15)13-9-7-6-8-10-13/h11H,4-10H2,1-3H3. The van der Waals surface area contributed by atoms with Crippen molar-refractivity contribution in [2.75, 3.05) is 19.6 Å². The zero-order valence-electron chi connectivity index (χ0n) is 10.3. The second kappa shape index (κ2) is 5.99. The Labute approximate surface area is 93.4 Å². The Bertz CT molecular complexity index is 200. The maximum atomic E-state index is 12.2. The van der Waals surface area contributed by atoms with Crippen molar-refractivity contribution in [3.8, 4) is 0 Å². The molecule has 1 saturated heterocycles. The third-order valence-corrected chi connectivity index (χ3v) is 3.34. The molecule has 0 radical (unpaired) electrons. The van der Waals surface area contributed by atoms with E-state index in [2.05, 4.69) is 20.8 Å². The van der Waals surface area contributed by atoms with E-state index in [9.17, 15) is 4.79 Å². The van der Waals surface area contributed by atoms with Gasteiger partial charge in [-0.15, -0.1) is 0 Å². The molecular formula is C12H24N2O. The van der Waals surface area contributed by atoms with E-state index in [4.69, 9.17) is 0 Å². The molecule has 1 fully saturated rings. The summed E-state index contributed by atoms with van der Waals surface area (Å²) in [5.74, 6) is 0. The van der Waals surface area contributed by atoms with Crippen LogP contribution in [0.1, 0.15) is 46.5 Å². The van der Waals surface area contributed by atoms with E-state index >= 15 is 0 Å². The molecule has 1 heterocycles. The topological polar surface area (TPSA) is 23.6 Å². The summed E-state index contributed by atoms with van der Waals surface area (Å²) in [6, 6.07) is 0.607. The van der Waals surface area contributed by atoms with E-state index in [0.717, 1.165) is 26.1 Å². The smallest absolute Gasteiger partial charge is 0.320 e. The molecule has 15 heavy (non-hydrogen) atoms. The van der Waals surface area contributed by atoms with Crippen LogP contribution in [0.4, 0.5) is 4.79 Å². The number of nitrogens with zero attached hydrogens (tertiary/aromatic N) is 2. The van der Waals surface area contributed by atoms with Crippen molar-refractivity contribution in [3.05, 3.63) is 0 Å². The van der Waals surface area contributed by atoms with E-state index in [0.29, 0.717) is 6.04 Å². The summed E-state index contributed by atoms with van der Waals surface area (Å²) in [5.41, 5.74) is 0. The van der Waals surface area contributed by atoms with Crippen molar-refractivity contribution >= 4 is 6.03 Å². The number of piperidine rings is 1. The molecule has 1 rings (SSSR count). The number of likely N-dealkylation sites (tertiary alicyclic amines) is 1. The molecule has 3 nitrogen and oxygen atoms in total. The Hall–Kier alpha value is -0.730. The number of amides is 2. The maximum Gasteiger partial charge on any atom is 0.320 e. The number of hydrogen-bond donors (Lipinski definition) is 0.